The maximum absolute atomic E-state index is 13.0. The van der Waals surface area contributed by atoms with Crippen LogP contribution < -0.4 is 5.32 Å². The van der Waals surface area contributed by atoms with Gasteiger partial charge in [-0.25, -0.2) is 9.59 Å². The Kier molecular flexibility index (Phi) is 9.27. The maximum Gasteiger partial charge on any atom is 0.348 e. The molecule has 180 valence electrons. The molecular weight excluding hydrogens is 442 g/mol. The number of carbonyl (C=O) groups is 3. The predicted octanol–water partition coefficient (Wildman–Crippen LogP) is 4.29. The van der Waals surface area contributed by atoms with Crippen LogP contribution >= 0.6 is 11.3 Å². The second kappa shape index (κ2) is 12.1. The van der Waals surface area contributed by atoms with Gasteiger partial charge in [0.15, 0.2) is 0 Å². The first-order valence-corrected chi connectivity index (χ1v) is 12.7. The van der Waals surface area contributed by atoms with E-state index in [0.717, 1.165) is 56.5 Å². The number of hydrogen-bond acceptors (Lipinski definition) is 8. The summed E-state index contributed by atoms with van der Waals surface area (Å²) in [5, 5.41) is 12.0. The van der Waals surface area contributed by atoms with E-state index in [4.69, 9.17) is 14.7 Å². The largest absolute Gasteiger partial charge is 0.462 e. The Morgan fingerprint density at radius 2 is 1.82 bits per heavy atom. The van der Waals surface area contributed by atoms with Gasteiger partial charge >= 0.3 is 11.9 Å². The van der Waals surface area contributed by atoms with Crippen molar-refractivity contribution in [1.82, 2.24) is 4.90 Å². The molecule has 1 saturated heterocycles. The highest BCUT2D eigenvalue weighted by molar-refractivity contribution is 7.18. The second-order valence-electron chi connectivity index (χ2n) is 8.66. The van der Waals surface area contributed by atoms with Crippen molar-refractivity contribution in [2.75, 3.05) is 31.6 Å². The number of rotatable bonds is 8. The number of carbonyl (C=O) groups excluding carboxylic acids is 3. The highest BCUT2D eigenvalue weighted by Gasteiger charge is 2.31. The second-order valence-corrected chi connectivity index (χ2v) is 9.68. The monoisotopic (exact) mass is 475 g/mol. The van der Waals surface area contributed by atoms with Crippen LogP contribution in [0, 0.1) is 24.2 Å². The zero-order chi connectivity index (χ0) is 23.8. The summed E-state index contributed by atoms with van der Waals surface area (Å²) in [5.41, 5.74) is 0.720. The molecule has 0 spiro atoms. The van der Waals surface area contributed by atoms with Crippen LogP contribution in [0.3, 0.4) is 0 Å². The fraction of sp³-hybridized carbons (Fsp3) is 0.667. The lowest BCUT2D eigenvalue weighted by Crippen LogP contribution is -2.38. The molecule has 0 aromatic carbocycles. The van der Waals surface area contributed by atoms with Crippen molar-refractivity contribution < 1.29 is 23.9 Å². The minimum atomic E-state index is -0.551. The number of piperidine rings is 1. The molecule has 2 fully saturated rings. The molecule has 1 aromatic rings. The van der Waals surface area contributed by atoms with Crippen LogP contribution in [-0.4, -0.2) is 55.1 Å². The van der Waals surface area contributed by atoms with E-state index < -0.39 is 11.9 Å². The number of nitriles is 1. The summed E-state index contributed by atoms with van der Waals surface area (Å²) in [6.45, 7) is 5.85. The molecule has 1 N–H and O–H groups in total. The SMILES string of the molecule is CCOC(=O)c1c(NC(=O)C2CCN(CCC#N)CC2)sc(C(=O)OC2CCCCC2)c1C. The molecule has 9 heteroatoms. The van der Waals surface area contributed by atoms with Crippen LogP contribution in [-0.2, 0) is 14.3 Å². The first kappa shape index (κ1) is 25.2. The summed E-state index contributed by atoms with van der Waals surface area (Å²) in [7, 11) is 0. The minimum Gasteiger partial charge on any atom is -0.462 e. The Labute approximate surface area is 199 Å². The van der Waals surface area contributed by atoms with Gasteiger partial charge in [0, 0.05) is 18.9 Å². The molecule has 1 aromatic heterocycles. The summed E-state index contributed by atoms with van der Waals surface area (Å²) in [5.74, 6) is -1.34. The first-order valence-electron chi connectivity index (χ1n) is 11.9. The fourth-order valence-corrected chi connectivity index (χ4v) is 5.55. The molecule has 3 rings (SSSR count). The number of nitrogens with zero attached hydrogens (tertiary/aromatic N) is 2. The molecule has 2 aliphatic rings. The van der Waals surface area contributed by atoms with Crippen LogP contribution in [0.1, 0.15) is 83.9 Å². The molecule has 0 unspecified atom stereocenters. The van der Waals surface area contributed by atoms with E-state index in [0.29, 0.717) is 41.2 Å². The zero-order valence-corrected chi connectivity index (χ0v) is 20.3. The molecule has 1 saturated carbocycles. The lowest BCUT2D eigenvalue weighted by molar-refractivity contribution is -0.121. The van der Waals surface area contributed by atoms with Crippen LogP contribution in [0.15, 0.2) is 0 Å². The van der Waals surface area contributed by atoms with Gasteiger partial charge in [0.05, 0.1) is 18.2 Å². The number of anilines is 1. The van der Waals surface area contributed by atoms with Crippen LogP contribution in [0.2, 0.25) is 0 Å². The summed E-state index contributed by atoms with van der Waals surface area (Å²) >= 11 is 1.09. The minimum absolute atomic E-state index is 0.0944. The standard InChI is InChI=1S/C24H33N3O5S/c1-3-31-23(29)19-16(2)20(24(30)32-18-8-5-4-6-9-18)33-22(19)26-21(28)17-10-14-27(15-11-17)13-7-12-25/h17-18H,3-11,13-15H2,1-2H3,(H,26,28). The molecule has 0 radical (unpaired) electrons. The van der Waals surface area contributed by atoms with E-state index in [1.807, 2.05) is 0 Å². The third-order valence-corrected chi connectivity index (χ3v) is 7.56. The highest BCUT2D eigenvalue weighted by Crippen LogP contribution is 2.36. The van der Waals surface area contributed by atoms with Crippen LogP contribution in [0.25, 0.3) is 0 Å². The Hall–Kier alpha value is -2.44. The molecule has 33 heavy (non-hydrogen) atoms. The highest BCUT2D eigenvalue weighted by atomic mass is 32.1. The molecule has 1 aliphatic heterocycles. The Morgan fingerprint density at radius 1 is 1.12 bits per heavy atom. The van der Waals surface area contributed by atoms with Gasteiger partial charge in [-0.05, 0) is 71.0 Å². The normalized spacial score (nSPS) is 17.8. The summed E-state index contributed by atoms with van der Waals surface area (Å²) in [4.78, 5) is 41.1. The van der Waals surface area contributed by atoms with E-state index in [1.165, 1.54) is 0 Å². The number of amides is 1. The molecule has 0 atom stereocenters. The quantitative estimate of drug-likeness (QED) is 0.559. The Morgan fingerprint density at radius 3 is 2.45 bits per heavy atom. The molecule has 2 heterocycles. The van der Waals surface area contributed by atoms with Gasteiger partial charge in [-0.3, -0.25) is 4.79 Å². The Bertz CT molecular complexity index is 893. The van der Waals surface area contributed by atoms with Gasteiger partial charge in [-0.1, -0.05) is 6.42 Å². The van der Waals surface area contributed by atoms with Crippen molar-refractivity contribution in [3.05, 3.63) is 16.0 Å². The van der Waals surface area contributed by atoms with Gasteiger partial charge in [0.1, 0.15) is 16.0 Å². The van der Waals surface area contributed by atoms with Crippen LogP contribution in [0.5, 0.6) is 0 Å². The zero-order valence-electron chi connectivity index (χ0n) is 19.5. The third-order valence-electron chi connectivity index (χ3n) is 6.37. The van der Waals surface area contributed by atoms with E-state index in [2.05, 4.69) is 16.3 Å². The predicted molar refractivity (Wildman–Crippen MR) is 125 cm³/mol. The number of ether oxygens (including phenoxy) is 2. The van der Waals surface area contributed by atoms with Crippen LogP contribution in [0.4, 0.5) is 5.00 Å². The van der Waals surface area contributed by atoms with Crippen molar-refractivity contribution in [2.45, 2.75) is 71.3 Å². The average molecular weight is 476 g/mol. The number of esters is 2. The average Bonchev–Trinajstić information content (AvgIpc) is 3.14. The van der Waals surface area contributed by atoms with Gasteiger partial charge in [0.2, 0.25) is 5.91 Å². The molecular formula is C24H33N3O5S. The topological polar surface area (TPSA) is 109 Å². The first-order chi connectivity index (χ1) is 15.9. The van der Waals surface area contributed by atoms with E-state index in [9.17, 15) is 14.4 Å². The Balaban J connectivity index is 1.72. The van der Waals surface area contributed by atoms with Gasteiger partial charge in [-0.15, -0.1) is 11.3 Å². The molecule has 8 nitrogen and oxygen atoms in total. The number of hydrogen-bond donors (Lipinski definition) is 1. The summed E-state index contributed by atoms with van der Waals surface area (Å²) in [6.07, 6.45) is 6.73. The van der Waals surface area contributed by atoms with Gasteiger partial charge in [-0.2, -0.15) is 5.26 Å². The lowest BCUT2D eigenvalue weighted by Gasteiger charge is -2.30. The number of thiophene rings is 1. The maximum atomic E-state index is 13.0. The molecule has 1 amide bonds. The van der Waals surface area contributed by atoms with Crippen molar-refractivity contribution in [3.8, 4) is 6.07 Å². The van der Waals surface area contributed by atoms with Crippen molar-refractivity contribution in [1.29, 1.82) is 5.26 Å². The van der Waals surface area contributed by atoms with Crippen molar-refractivity contribution in [3.63, 3.8) is 0 Å². The van der Waals surface area contributed by atoms with E-state index in [1.54, 1.807) is 13.8 Å². The third kappa shape index (κ3) is 6.55. The van der Waals surface area contributed by atoms with E-state index in [-0.39, 0.29) is 30.1 Å². The summed E-state index contributed by atoms with van der Waals surface area (Å²) in [6, 6.07) is 2.15. The smallest absolute Gasteiger partial charge is 0.348 e. The van der Waals surface area contributed by atoms with Gasteiger partial charge in [0.25, 0.3) is 0 Å². The molecule has 0 bridgehead atoms. The number of likely N-dealkylation sites (tertiary alicyclic amines) is 1. The lowest BCUT2D eigenvalue weighted by atomic mass is 9.96. The van der Waals surface area contributed by atoms with E-state index >= 15 is 0 Å². The molecule has 1 aliphatic carbocycles. The van der Waals surface area contributed by atoms with Crippen molar-refractivity contribution >= 4 is 34.2 Å². The van der Waals surface area contributed by atoms with Gasteiger partial charge < -0.3 is 19.7 Å². The summed E-state index contributed by atoms with van der Waals surface area (Å²) < 4.78 is 10.9. The fourth-order valence-electron chi connectivity index (χ4n) is 4.47. The van der Waals surface area contributed by atoms with Crippen molar-refractivity contribution in [2.24, 2.45) is 5.92 Å². The number of nitrogens with one attached hydrogen (secondary N) is 1.